The highest BCUT2D eigenvalue weighted by atomic mass is 79.9. The van der Waals surface area contributed by atoms with Crippen molar-refractivity contribution < 1.29 is 19.3 Å². The van der Waals surface area contributed by atoms with Gasteiger partial charge in [-0.05, 0) is 28.9 Å². The summed E-state index contributed by atoms with van der Waals surface area (Å²) in [5.74, 6) is 1.83. The zero-order valence-corrected chi connectivity index (χ0v) is 13.3. The van der Waals surface area contributed by atoms with Crippen molar-refractivity contribution in [3.05, 3.63) is 33.6 Å². The fourth-order valence-corrected chi connectivity index (χ4v) is 2.66. The average Bonchev–Trinajstić information content (AvgIpc) is 3.01. The number of ether oxygens (including phenoxy) is 3. The Kier molecular flexibility index (Phi) is 3.77. The molecule has 7 heteroatoms. The highest BCUT2D eigenvalue weighted by Crippen LogP contribution is 2.38. The Labute approximate surface area is 130 Å². The minimum absolute atomic E-state index is 0.127. The molecule has 1 aromatic heterocycles. The number of aliphatic hydroxyl groups is 1. The Hall–Kier alpha value is -1.73. The molecule has 0 spiro atoms. The second-order valence-electron chi connectivity index (χ2n) is 4.73. The molecule has 21 heavy (non-hydrogen) atoms. The standard InChI is InChI=1S/C14H15BrN2O4/c1-8-14(15)10(17(2)16-8)6-19-11-4-13-12(20-7-21-13)3-9(11)5-18/h3-4,18H,5-7H2,1-2H3. The van der Waals surface area contributed by atoms with Gasteiger partial charge in [0.2, 0.25) is 6.79 Å². The normalized spacial score (nSPS) is 12.8. The minimum Gasteiger partial charge on any atom is -0.487 e. The van der Waals surface area contributed by atoms with Crippen LogP contribution >= 0.6 is 15.9 Å². The van der Waals surface area contributed by atoms with Gasteiger partial charge in [0.25, 0.3) is 0 Å². The van der Waals surface area contributed by atoms with Gasteiger partial charge in [-0.25, -0.2) is 0 Å². The maximum Gasteiger partial charge on any atom is 0.231 e. The Morgan fingerprint density at radius 3 is 2.71 bits per heavy atom. The summed E-state index contributed by atoms with van der Waals surface area (Å²) in [5.41, 5.74) is 2.49. The van der Waals surface area contributed by atoms with E-state index in [4.69, 9.17) is 14.2 Å². The molecule has 1 N–H and O–H groups in total. The number of nitrogens with zero attached hydrogens (tertiary/aromatic N) is 2. The lowest BCUT2D eigenvalue weighted by molar-refractivity contribution is 0.173. The van der Waals surface area contributed by atoms with Crippen molar-refractivity contribution in [1.82, 2.24) is 9.78 Å². The first-order chi connectivity index (χ1) is 10.1. The van der Waals surface area contributed by atoms with Crippen LogP contribution < -0.4 is 14.2 Å². The summed E-state index contributed by atoms with van der Waals surface area (Å²) < 4.78 is 19.1. The van der Waals surface area contributed by atoms with Crippen LogP contribution in [0.25, 0.3) is 0 Å². The first kappa shape index (κ1) is 14.2. The number of aliphatic hydroxyl groups excluding tert-OH is 1. The topological polar surface area (TPSA) is 65.7 Å². The van der Waals surface area contributed by atoms with Crippen LogP contribution in [0.2, 0.25) is 0 Å². The summed E-state index contributed by atoms with van der Waals surface area (Å²) in [5, 5.41) is 13.8. The van der Waals surface area contributed by atoms with Gasteiger partial charge in [-0.15, -0.1) is 0 Å². The van der Waals surface area contributed by atoms with Crippen molar-refractivity contribution in [2.24, 2.45) is 7.05 Å². The van der Waals surface area contributed by atoms with Crippen molar-refractivity contribution in [3.8, 4) is 17.2 Å². The monoisotopic (exact) mass is 354 g/mol. The number of hydrogen-bond donors (Lipinski definition) is 1. The Morgan fingerprint density at radius 1 is 1.38 bits per heavy atom. The van der Waals surface area contributed by atoms with Crippen molar-refractivity contribution in [2.45, 2.75) is 20.1 Å². The van der Waals surface area contributed by atoms with Crippen LogP contribution in [0.3, 0.4) is 0 Å². The third-order valence-corrected chi connectivity index (χ3v) is 4.38. The Balaban J connectivity index is 1.85. The molecule has 0 unspecified atom stereocenters. The second kappa shape index (κ2) is 5.57. The number of aromatic nitrogens is 2. The molecule has 1 aliphatic heterocycles. The molecule has 3 rings (SSSR count). The Bertz CT molecular complexity index is 684. The van der Waals surface area contributed by atoms with E-state index in [-0.39, 0.29) is 13.4 Å². The predicted molar refractivity (Wildman–Crippen MR) is 78.5 cm³/mol. The molecule has 0 amide bonds. The zero-order valence-electron chi connectivity index (χ0n) is 11.7. The fraction of sp³-hybridized carbons (Fsp3) is 0.357. The van der Waals surface area contributed by atoms with Crippen molar-refractivity contribution in [1.29, 1.82) is 0 Å². The van der Waals surface area contributed by atoms with Crippen LogP contribution in [0.5, 0.6) is 17.2 Å². The van der Waals surface area contributed by atoms with Crippen LogP contribution in [0.4, 0.5) is 0 Å². The number of fused-ring (bicyclic) bond motifs is 1. The third-order valence-electron chi connectivity index (χ3n) is 3.35. The molecule has 0 fully saturated rings. The lowest BCUT2D eigenvalue weighted by Gasteiger charge is -2.11. The van der Waals surface area contributed by atoms with Gasteiger partial charge in [-0.1, -0.05) is 0 Å². The third kappa shape index (κ3) is 2.58. The van der Waals surface area contributed by atoms with E-state index in [1.807, 2.05) is 14.0 Å². The van der Waals surface area contributed by atoms with E-state index >= 15 is 0 Å². The van der Waals surface area contributed by atoms with Gasteiger partial charge >= 0.3 is 0 Å². The van der Waals surface area contributed by atoms with Crippen LogP contribution in [-0.2, 0) is 20.3 Å². The molecule has 2 heterocycles. The number of aryl methyl sites for hydroxylation is 2. The van der Waals surface area contributed by atoms with Gasteiger partial charge < -0.3 is 19.3 Å². The molecule has 6 nitrogen and oxygen atoms in total. The molecular weight excluding hydrogens is 340 g/mol. The quantitative estimate of drug-likeness (QED) is 0.912. The van der Waals surface area contributed by atoms with E-state index in [9.17, 15) is 5.11 Å². The maximum atomic E-state index is 9.46. The number of rotatable bonds is 4. The molecule has 112 valence electrons. The summed E-state index contributed by atoms with van der Waals surface area (Å²) in [6, 6.07) is 3.48. The molecule has 0 saturated heterocycles. The van der Waals surface area contributed by atoms with Gasteiger partial charge in [0.1, 0.15) is 12.4 Å². The highest BCUT2D eigenvalue weighted by molar-refractivity contribution is 9.10. The fourth-order valence-electron chi connectivity index (χ4n) is 2.21. The molecule has 0 aliphatic carbocycles. The van der Waals surface area contributed by atoms with Crippen LogP contribution in [0.15, 0.2) is 16.6 Å². The number of benzene rings is 1. The van der Waals surface area contributed by atoms with Crippen molar-refractivity contribution >= 4 is 15.9 Å². The van der Waals surface area contributed by atoms with Crippen molar-refractivity contribution in [3.63, 3.8) is 0 Å². The molecule has 0 atom stereocenters. The largest absolute Gasteiger partial charge is 0.487 e. The summed E-state index contributed by atoms with van der Waals surface area (Å²) in [7, 11) is 1.86. The predicted octanol–water partition coefficient (Wildman–Crippen LogP) is 2.29. The van der Waals surface area contributed by atoms with Gasteiger partial charge in [-0.2, -0.15) is 5.10 Å². The Morgan fingerprint density at radius 2 is 2.10 bits per heavy atom. The number of hydrogen-bond acceptors (Lipinski definition) is 5. The summed E-state index contributed by atoms with van der Waals surface area (Å²) >= 11 is 3.50. The second-order valence-corrected chi connectivity index (χ2v) is 5.52. The van der Waals surface area contributed by atoms with Gasteiger partial charge in [0, 0.05) is 18.7 Å². The van der Waals surface area contributed by atoms with Crippen LogP contribution in [0, 0.1) is 6.92 Å². The van der Waals surface area contributed by atoms with Gasteiger partial charge in [-0.3, -0.25) is 4.68 Å². The molecule has 1 aromatic carbocycles. The van der Waals surface area contributed by atoms with Gasteiger partial charge in [0.15, 0.2) is 11.5 Å². The lowest BCUT2D eigenvalue weighted by atomic mass is 10.2. The molecule has 0 saturated carbocycles. The molecule has 0 radical (unpaired) electrons. The van der Waals surface area contributed by atoms with Crippen LogP contribution in [-0.4, -0.2) is 21.7 Å². The number of halogens is 1. The first-order valence-electron chi connectivity index (χ1n) is 6.44. The van der Waals surface area contributed by atoms with E-state index < -0.39 is 0 Å². The average molecular weight is 355 g/mol. The lowest BCUT2D eigenvalue weighted by Crippen LogP contribution is -2.05. The van der Waals surface area contributed by atoms with E-state index in [0.29, 0.717) is 29.4 Å². The molecule has 1 aliphatic rings. The van der Waals surface area contributed by atoms with E-state index in [1.165, 1.54) is 0 Å². The van der Waals surface area contributed by atoms with Gasteiger partial charge in [0.05, 0.1) is 22.5 Å². The molecular formula is C14H15BrN2O4. The summed E-state index contributed by atoms with van der Waals surface area (Å²) in [6.07, 6.45) is 0. The smallest absolute Gasteiger partial charge is 0.231 e. The van der Waals surface area contributed by atoms with E-state index in [0.717, 1.165) is 15.9 Å². The SMILES string of the molecule is Cc1nn(C)c(COc2cc3c(cc2CO)OCO3)c1Br. The highest BCUT2D eigenvalue weighted by Gasteiger charge is 2.19. The van der Waals surface area contributed by atoms with Crippen molar-refractivity contribution in [2.75, 3.05) is 6.79 Å². The molecule has 0 bridgehead atoms. The van der Waals surface area contributed by atoms with E-state index in [2.05, 4.69) is 21.0 Å². The summed E-state index contributed by atoms with van der Waals surface area (Å²) in [4.78, 5) is 0. The maximum absolute atomic E-state index is 9.46. The summed E-state index contributed by atoms with van der Waals surface area (Å²) in [6.45, 7) is 2.32. The molecule has 2 aromatic rings. The van der Waals surface area contributed by atoms with E-state index in [1.54, 1.807) is 16.8 Å². The van der Waals surface area contributed by atoms with Crippen LogP contribution in [0.1, 0.15) is 17.0 Å². The first-order valence-corrected chi connectivity index (χ1v) is 7.23. The zero-order chi connectivity index (χ0) is 15.0. The minimum atomic E-state index is -0.127.